The number of carbonyl (C=O) groups is 3. The van der Waals surface area contributed by atoms with Gasteiger partial charge in [0, 0.05) is 10.7 Å². The number of ether oxygens (including phenoxy) is 2. The van der Waals surface area contributed by atoms with Crippen LogP contribution in [0.1, 0.15) is 23.6 Å². The highest BCUT2D eigenvalue weighted by Gasteiger charge is 2.35. The monoisotopic (exact) mass is 553 g/mol. The van der Waals surface area contributed by atoms with E-state index in [1.807, 2.05) is 31.2 Å². The van der Waals surface area contributed by atoms with Gasteiger partial charge in [-0.3, -0.25) is 9.59 Å². The number of imide groups is 1. The summed E-state index contributed by atoms with van der Waals surface area (Å²) >= 11 is 12.4. The maximum Gasteiger partial charge on any atom is 0.329 e. The molecular weight excluding hydrogens is 529 g/mol. The zero-order chi connectivity index (χ0) is 27.2. The second-order valence-electron chi connectivity index (χ2n) is 8.39. The lowest BCUT2D eigenvalue weighted by Crippen LogP contribution is -2.38. The summed E-state index contributed by atoms with van der Waals surface area (Å²) in [6.45, 7) is 1.78. The van der Waals surface area contributed by atoms with Crippen molar-refractivity contribution in [1.82, 2.24) is 10.2 Å². The van der Waals surface area contributed by atoms with Crippen LogP contribution < -0.4 is 20.1 Å². The number of hydrogen-bond acceptors (Lipinski definition) is 5. The highest BCUT2D eigenvalue weighted by atomic mass is 35.5. The standard InChI is InChI=1S/C28H25Cl2N3O5/c1-3-19-6-4-5-7-22(19)31-25(34)15-33-27(35)23(32-28(33)36)13-18-12-21(30)26(24(14-18)37-2)38-16-17-8-10-20(29)11-9-17/h4-14H,3,15-16H2,1-2H3,(H,31,34)(H,32,36)/b23-13+. The van der Waals surface area contributed by atoms with E-state index in [4.69, 9.17) is 32.7 Å². The molecule has 0 saturated carbocycles. The first kappa shape index (κ1) is 27.0. The van der Waals surface area contributed by atoms with Crippen molar-refractivity contribution < 1.29 is 23.9 Å². The van der Waals surface area contributed by atoms with Crippen LogP contribution in [0.15, 0.2) is 66.4 Å². The predicted octanol–water partition coefficient (Wildman–Crippen LogP) is 5.67. The van der Waals surface area contributed by atoms with Crippen LogP contribution in [0.5, 0.6) is 11.5 Å². The summed E-state index contributed by atoms with van der Waals surface area (Å²) in [6.07, 6.45) is 2.19. The first-order valence-corrected chi connectivity index (χ1v) is 12.5. The second kappa shape index (κ2) is 12.0. The van der Waals surface area contributed by atoms with Crippen LogP contribution in [-0.2, 0) is 22.6 Å². The Labute approximate surface area is 230 Å². The minimum atomic E-state index is -0.693. The molecule has 4 amide bonds. The van der Waals surface area contributed by atoms with Gasteiger partial charge in [-0.15, -0.1) is 0 Å². The molecule has 10 heteroatoms. The molecule has 0 bridgehead atoms. The number of rotatable bonds is 9. The van der Waals surface area contributed by atoms with Gasteiger partial charge in [0.25, 0.3) is 5.91 Å². The number of nitrogens with one attached hydrogen (secondary N) is 2. The zero-order valence-electron chi connectivity index (χ0n) is 20.7. The van der Waals surface area contributed by atoms with Crippen LogP contribution >= 0.6 is 23.2 Å². The summed E-state index contributed by atoms with van der Waals surface area (Å²) in [7, 11) is 1.47. The fourth-order valence-electron chi connectivity index (χ4n) is 3.87. The lowest BCUT2D eigenvalue weighted by Gasteiger charge is -2.14. The molecule has 2 N–H and O–H groups in total. The highest BCUT2D eigenvalue weighted by molar-refractivity contribution is 6.32. The molecule has 0 unspecified atom stereocenters. The van der Waals surface area contributed by atoms with Gasteiger partial charge in [-0.25, -0.2) is 9.69 Å². The largest absolute Gasteiger partial charge is 0.493 e. The molecule has 3 aromatic carbocycles. The molecule has 3 aromatic rings. The predicted molar refractivity (Wildman–Crippen MR) is 146 cm³/mol. The molecule has 8 nitrogen and oxygen atoms in total. The molecule has 1 fully saturated rings. The molecule has 1 heterocycles. The second-order valence-corrected chi connectivity index (χ2v) is 9.23. The van der Waals surface area contributed by atoms with E-state index in [-0.39, 0.29) is 17.3 Å². The average molecular weight is 554 g/mol. The Morgan fingerprint density at radius 2 is 1.82 bits per heavy atom. The van der Waals surface area contributed by atoms with E-state index in [0.717, 1.165) is 22.4 Å². The Balaban J connectivity index is 1.47. The topological polar surface area (TPSA) is 97.0 Å². The molecule has 1 aliphatic rings. The summed E-state index contributed by atoms with van der Waals surface area (Å²) in [6, 6.07) is 17.1. The smallest absolute Gasteiger partial charge is 0.329 e. The molecule has 1 saturated heterocycles. The maximum atomic E-state index is 12.9. The van der Waals surface area contributed by atoms with E-state index in [1.54, 1.807) is 36.4 Å². The number of nitrogens with zero attached hydrogens (tertiary/aromatic N) is 1. The van der Waals surface area contributed by atoms with Crippen molar-refractivity contribution in [3.63, 3.8) is 0 Å². The van der Waals surface area contributed by atoms with Crippen molar-refractivity contribution in [3.8, 4) is 11.5 Å². The van der Waals surface area contributed by atoms with Crippen molar-refractivity contribution in [2.24, 2.45) is 0 Å². The summed E-state index contributed by atoms with van der Waals surface area (Å²) < 4.78 is 11.3. The molecule has 0 aliphatic carbocycles. The fourth-order valence-corrected chi connectivity index (χ4v) is 4.26. The lowest BCUT2D eigenvalue weighted by atomic mass is 10.1. The Bertz CT molecular complexity index is 1410. The normalized spacial score (nSPS) is 14.0. The minimum absolute atomic E-state index is 0.00436. The quantitative estimate of drug-likeness (QED) is 0.262. The number of urea groups is 1. The summed E-state index contributed by atoms with van der Waals surface area (Å²) in [5.41, 5.74) is 2.98. The van der Waals surface area contributed by atoms with Gasteiger partial charge in [0.1, 0.15) is 18.8 Å². The third kappa shape index (κ3) is 6.27. The SMILES string of the molecule is CCc1ccccc1NC(=O)CN1C(=O)N/C(=C/c2cc(Cl)c(OCc3ccc(Cl)cc3)c(OC)c2)C1=O. The van der Waals surface area contributed by atoms with Gasteiger partial charge in [0.2, 0.25) is 5.91 Å². The summed E-state index contributed by atoms with van der Waals surface area (Å²) in [5.74, 6) is -0.436. The third-order valence-electron chi connectivity index (χ3n) is 5.80. The first-order valence-electron chi connectivity index (χ1n) is 11.8. The molecule has 0 radical (unpaired) electrons. The van der Waals surface area contributed by atoms with E-state index in [9.17, 15) is 14.4 Å². The molecule has 38 heavy (non-hydrogen) atoms. The molecule has 0 aromatic heterocycles. The van der Waals surface area contributed by atoms with Crippen LogP contribution in [0.25, 0.3) is 6.08 Å². The van der Waals surface area contributed by atoms with Crippen LogP contribution in [0.2, 0.25) is 10.0 Å². The molecule has 0 atom stereocenters. The number of carbonyl (C=O) groups excluding carboxylic acids is 3. The Kier molecular flexibility index (Phi) is 8.55. The van der Waals surface area contributed by atoms with Crippen molar-refractivity contribution in [2.75, 3.05) is 19.0 Å². The maximum absolute atomic E-state index is 12.9. The zero-order valence-corrected chi connectivity index (χ0v) is 22.2. The van der Waals surface area contributed by atoms with Gasteiger partial charge in [-0.05, 0) is 59.5 Å². The highest BCUT2D eigenvalue weighted by Crippen LogP contribution is 2.37. The number of aryl methyl sites for hydroxylation is 1. The minimum Gasteiger partial charge on any atom is -0.493 e. The van der Waals surface area contributed by atoms with Crippen LogP contribution in [0.3, 0.4) is 0 Å². The Hall–Kier alpha value is -4.01. The van der Waals surface area contributed by atoms with E-state index in [1.165, 1.54) is 13.2 Å². The van der Waals surface area contributed by atoms with Gasteiger partial charge in [-0.1, -0.05) is 60.5 Å². The molecule has 1 aliphatic heterocycles. The summed E-state index contributed by atoms with van der Waals surface area (Å²) in [4.78, 5) is 38.8. The number of anilines is 1. The Morgan fingerprint density at radius 3 is 2.53 bits per heavy atom. The van der Waals surface area contributed by atoms with Gasteiger partial charge >= 0.3 is 6.03 Å². The van der Waals surface area contributed by atoms with Crippen molar-refractivity contribution >= 4 is 52.8 Å². The van der Waals surface area contributed by atoms with Gasteiger partial charge in [0.15, 0.2) is 11.5 Å². The van der Waals surface area contributed by atoms with E-state index in [2.05, 4.69) is 10.6 Å². The van der Waals surface area contributed by atoms with Gasteiger partial charge in [-0.2, -0.15) is 0 Å². The number of para-hydroxylation sites is 1. The van der Waals surface area contributed by atoms with E-state index < -0.39 is 24.4 Å². The number of benzene rings is 3. The van der Waals surface area contributed by atoms with Crippen molar-refractivity contribution in [2.45, 2.75) is 20.0 Å². The first-order chi connectivity index (χ1) is 18.3. The average Bonchev–Trinajstić information content (AvgIpc) is 3.16. The van der Waals surface area contributed by atoms with Crippen LogP contribution in [0.4, 0.5) is 10.5 Å². The van der Waals surface area contributed by atoms with Crippen molar-refractivity contribution in [3.05, 3.63) is 93.1 Å². The van der Waals surface area contributed by atoms with E-state index >= 15 is 0 Å². The number of halogens is 2. The molecular formula is C28H25Cl2N3O5. The lowest BCUT2D eigenvalue weighted by molar-refractivity contribution is -0.127. The number of amides is 4. The molecule has 196 valence electrons. The number of hydrogen-bond donors (Lipinski definition) is 2. The fraction of sp³-hybridized carbons (Fsp3) is 0.179. The van der Waals surface area contributed by atoms with Gasteiger partial charge in [0.05, 0.1) is 12.1 Å². The van der Waals surface area contributed by atoms with Gasteiger partial charge < -0.3 is 20.1 Å². The Morgan fingerprint density at radius 1 is 1.08 bits per heavy atom. The van der Waals surface area contributed by atoms with Crippen LogP contribution in [0, 0.1) is 0 Å². The molecule has 0 spiro atoms. The third-order valence-corrected chi connectivity index (χ3v) is 6.33. The van der Waals surface area contributed by atoms with Crippen molar-refractivity contribution in [1.29, 1.82) is 0 Å². The van der Waals surface area contributed by atoms with E-state index in [0.29, 0.717) is 27.8 Å². The number of methoxy groups -OCH3 is 1. The van der Waals surface area contributed by atoms with Crippen LogP contribution in [-0.4, -0.2) is 36.4 Å². The summed E-state index contributed by atoms with van der Waals surface area (Å²) in [5, 5.41) is 6.15. The molecule has 4 rings (SSSR count).